The molecule has 8 nitrogen and oxygen atoms in total. The van der Waals surface area contributed by atoms with Gasteiger partial charge in [0.1, 0.15) is 11.8 Å². The maximum absolute atomic E-state index is 12.8. The van der Waals surface area contributed by atoms with Gasteiger partial charge in [0, 0.05) is 25.9 Å². The van der Waals surface area contributed by atoms with Crippen molar-refractivity contribution in [2.24, 2.45) is 0 Å². The second-order valence-electron chi connectivity index (χ2n) is 6.10. The molecule has 0 saturated carbocycles. The molecule has 3 rings (SSSR count). The molecule has 8 heteroatoms. The highest BCUT2D eigenvalue weighted by Gasteiger charge is 2.29. The summed E-state index contributed by atoms with van der Waals surface area (Å²) in [6.07, 6.45) is 2.84. The first-order chi connectivity index (χ1) is 12.5. The Kier molecular flexibility index (Phi) is 5.52. The van der Waals surface area contributed by atoms with Crippen LogP contribution in [-0.2, 0) is 16.1 Å². The van der Waals surface area contributed by atoms with Crippen molar-refractivity contribution in [2.45, 2.75) is 26.5 Å². The summed E-state index contributed by atoms with van der Waals surface area (Å²) >= 11 is 0. The first-order valence-corrected chi connectivity index (χ1v) is 8.43. The van der Waals surface area contributed by atoms with Crippen molar-refractivity contribution in [3.05, 3.63) is 53.4 Å². The van der Waals surface area contributed by atoms with Gasteiger partial charge in [0.05, 0.1) is 25.4 Å². The Bertz CT molecular complexity index is 811. The van der Waals surface area contributed by atoms with Crippen molar-refractivity contribution >= 4 is 11.8 Å². The van der Waals surface area contributed by atoms with Gasteiger partial charge < -0.3 is 15.0 Å². The van der Waals surface area contributed by atoms with Crippen LogP contribution in [0.3, 0.4) is 0 Å². The van der Waals surface area contributed by atoms with E-state index in [0.29, 0.717) is 43.5 Å². The molecule has 1 saturated heterocycles. The van der Waals surface area contributed by atoms with Crippen LogP contribution in [-0.4, -0.2) is 51.4 Å². The summed E-state index contributed by atoms with van der Waals surface area (Å²) in [5, 5.41) is 2.70. The molecule has 2 aromatic rings. The second kappa shape index (κ2) is 8.01. The van der Waals surface area contributed by atoms with E-state index in [9.17, 15) is 9.59 Å². The number of aryl methyl sites for hydroxylation is 1. The lowest BCUT2D eigenvalue weighted by atomic mass is 10.1. The lowest BCUT2D eigenvalue weighted by molar-refractivity contribution is -0.119. The maximum Gasteiger partial charge on any atom is 0.272 e. The van der Waals surface area contributed by atoms with Crippen LogP contribution >= 0.6 is 0 Å². The third kappa shape index (κ3) is 4.20. The molecule has 1 unspecified atom stereocenters. The van der Waals surface area contributed by atoms with Crippen molar-refractivity contribution in [2.75, 3.05) is 19.7 Å². The summed E-state index contributed by atoms with van der Waals surface area (Å²) in [4.78, 5) is 38.5. The molecule has 2 amide bonds. The van der Waals surface area contributed by atoms with Crippen LogP contribution in [0.1, 0.15) is 40.6 Å². The van der Waals surface area contributed by atoms with Gasteiger partial charge in [-0.1, -0.05) is 6.07 Å². The molecular formula is C18H21N5O3. The molecule has 26 heavy (non-hydrogen) atoms. The zero-order chi connectivity index (χ0) is 18.5. The fraction of sp³-hybridized carbons (Fsp3) is 0.389. The largest absolute Gasteiger partial charge is 0.367 e. The SMILES string of the molecule is CC(=O)NCc1ccnc(C2CN(C(=O)c3ncccc3C)CCO2)n1. The minimum Gasteiger partial charge on any atom is -0.367 e. The van der Waals surface area contributed by atoms with Crippen LogP contribution in [0.15, 0.2) is 30.6 Å². The zero-order valence-corrected chi connectivity index (χ0v) is 14.8. The third-order valence-corrected chi connectivity index (χ3v) is 4.10. The number of morpholine rings is 1. The summed E-state index contributed by atoms with van der Waals surface area (Å²) < 4.78 is 5.76. The number of hydrogen-bond donors (Lipinski definition) is 1. The van der Waals surface area contributed by atoms with Gasteiger partial charge in [-0.2, -0.15) is 0 Å². The van der Waals surface area contributed by atoms with E-state index in [1.54, 1.807) is 23.4 Å². The molecule has 0 radical (unpaired) electrons. The standard InChI is InChI=1S/C18H21N5O3/c1-12-4-3-6-19-16(12)18(25)23-8-9-26-15(11-23)17-20-7-5-14(22-17)10-21-13(2)24/h3-7,15H,8-11H2,1-2H3,(H,21,24). The summed E-state index contributed by atoms with van der Waals surface area (Å²) in [6.45, 7) is 4.91. The normalized spacial score (nSPS) is 17.0. The molecule has 0 spiro atoms. The second-order valence-corrected chi connectivity index (χ2v) is 6.10. The average molecular weight is 355 g/mol. The van der Waals surface area contributed by atoms with Crippen LogP contribution in [0.5, 0.6) is 0 Å². The predicted octanol–water partition coefficient (Wildman–Crippen LogP) is 1.03. The quantitative estimate of drug-likeness (QED) is 0.880. The lowest BCUT2D eigenvalue weighted by Crippen LogP contribution is -2.43. The molecule has 1 fully saturated rings. The summed E-state index contributed by atoms with van der Waals surface area (Å²) in [5.41, 5.74) is 1.99. The van der Waals surface area contributed by atoms with Gasteiger partial charge in [0.15, 0.2) is 5.82 Å². The predicted molar refractivity (Wildman–Crippen MR) is 93.1 cm³/mol. The van der Waals surface area contributed by atoms with E-state index in [-0.39, 0.29) is 11.8 Å². The van der Waals surface area contributed by atoms with Gasteiger partial charge in [-0.3, -0.25) is 14.6 Å². The molecule has 0 aromatic carbocycles. The van der Waals surface area contributed by atoms with Crippen molar-refractivity contribution in [1.82, 2.24) is 25.2 Å². The van der Waals surface area contributed by atoms with Gasteiger partial charge >= 0.3 is 0 Å². The van der Waals surface area contributed by atoms with Crippen molar-refractivity contribution in [1.29, 1.82) is 0 Å². The number of pyridine rings is 1. The van der Waals surface area contributed by atoms with Crippen LogP contribution in [0.25, 0.3) is 0 Å². The molecule has 1 atom stereocenters. The number of nitrogens with one attached hydrogen (secondary N) is 1. The lowest BCUT2D eigenvalue weighted by Gasteiger charge is -2.32. The average Bonchev–Trinajstić information content (AvgIpc) is 2.66. The molecule has 0 aliphatic carbocycles. The molecule has 0 bridgehead atoms. The van der Waals surface area contributed by atoms with Crippen LogP contribution in [0, 0.1) is 6.92 Å². The Balaban J connectivity index is 1.72. The Morgan fingerprint density at radius 2 is 2.15 bits per heavy atom. The molecule has 136 valence electrons. The zero-order valence-electron chi connectivity index (χ0n) is 14.8. The molecule has 1 aliphatic rings. The number of rotatable bonds is 4. The molecule has 3 heterocycles. The topological polar surface area (TPSA) is 97.3 Å². The fourth-order valence-electron chi connectivity index (χ4n) is 2.73. The molecular weight excluding hydrogens is 334 g/mol. The molecule has 2 aromatic heterocycles. The number of nitrogens with zero attached hydrogens (tertiary/aromatic N) is 4. The smallest absolute Gasteiger partial charge is 0.272 e. The van der Waals surface area contributed by atoms with Gasteiger partial charge in [-0.15, -0.1) is 0 Å². The first-order valence-electron chi connectivity index (χ1n) is 8.43. The van der Waals surface area contributed by atoms with Gasteiger partial charge in [0.2, 0.25) is 5.91 Å². The monoisotopic (exact) mass is 355 g/mol. The van der Waals surface area contributed by atoms with Crippen LogP contribution in [0.2, 0.25) is 0 Å². The number of carbonyl (C=O) groups excluding carboxylic acids is 2. The van der Waals surface area contributed by atoms with Crippen LogP contribution < -0.4 is 5.32 Å². The van der Waals surface area contributed by atoms with E-state index in [2.05, 4.69) is 20.3 Å². The number of aromatic nitrogens is 3. The van der Waals surface area contributed by atoms with Crippen molar-refractivity contribution < 1.29 is 14.3 Å². The van der Waals surface area contributed by atoms with E-state index in [0.717, 1.165) is 5.56 Å². The Morgan fingerprint density at radius 1 is 1.31 bits per heavy atom. The summed E-state index contributed by atoms with van der Waals surface area (Å²) in [7, 11) is 0. The number of amides is 2. The molecule has 1 aliphatic heterocycles. The minimum absolute atomic E-state index is 0.120. The van der Waals surface area contributed by atoms with Crippen molar-refractivity contribution in [3.63, 3.8) is 0 Å². The summed E-state index contributed by atoms with van der Waals surface area (Å²) in [6, 6.07) is 5.41. The van der Waals surface area contributed by atoms with Crippen LogP contribution in [0.4, 0.5) is 0 Å². The Morgan fingerprint density at radius 3 is 2.92 bits per heavy atom. The van der Waals surface area contributed by atoms with E-state index in [1.807, 2.05) is 19.1 Å². The van der Waals surface area contributed by atoms with E-state index < -0.39 is 6.10 Å². The maximum atomic E-state index is 12.8. The van der Waals surface area contributed by atoms with Gasteiger partial charge in [0.25, 0.3) is 5.91 Å². The number of ether oxygens (including phenoxy) is 1. The number of carbonyl (C=O) groups is 2. The highest BCUT2D eigenvalue weighted by atomic mass is 16.5. The first kappa shape index (κ1) is 17.9. The van der Waals surface area contributed by atoms with Gasteiger partial charge in [-0.05, 0) is 24.6 Å². The number of hydrogen-bond acceptors (Lipinski definition) is 6. The van der Waals surface area contributed by atoms with Gasteiger partial charge in [-0.25, -0.2) is 9.97 Å². The minimum atomic E-state index is -0.408. The highest BCUT2D eigenvalue weighted by molar-refractivity contribution is 5.93. The van der Waals surface area contributed by atoms with E-state index >= 15 is 0 Å². The van der Waals surface area contributed by atoms with E-state index in [4.69, 9.17) is 4.74 Å². The fourth-order valence-corrected chi connectivity index (χ4v) is 2.73. The van der Waals surface area contributed by atoms with Crippen molar-refractivity contribution in [3.8, 4) is 0 Å². The Labute approximate surface area is 151 Å². The highest BCUT2D eigenvalue weighted by Crippen LogP contribution is 2.21. The summed E-state index contributed by atoms with van der Waals surface area (Å²) in [5.74, 6) is 0.260. The Hall–Kier alpha value is -2.87. The third-order valence-electron chi connectivity index (χ3n) is 4.10. The van der Waals surface area contributed by atoms with E-state index in [1.165, 1.54) is 6.92 Å². The molecule has 1 N–H and O–H groups in total.